The van der Waals surface area contributed by atoms with Gasteiger partial charge in [-0.05, 0) is 56.2 Å². The maximum absolute atomic E-state index is 6.60. The Labute approximate surface area is 196 Å². The molecule has 0 unspecified atom stereocenters. The Balaban J connectivity index is 0.00000480. The first kappa shape index (κ1) is 27.5. The van der Waals surface area contributed by atoms with Gasteiger partial charge in [-0.1, -0.05) is 76.2 Å². The number of hydrogen-bond acceptors (Lipinski definition) is 3. The van der Waals surface area contributed by atoms with Gasteiger partial charge in [-0.15, -0.1) is 12.4 Å². The molecule has 2 aromatic rings. The molecule has 0 aliphatic rings. The Morgan fingerprint density at radius 1 is 0.806 bits per heavy atom. The summed E-state index contributed by atoms with van der Waals surface area (Å²) in [6.07, 6.45) is 1.95. The van der Waals surface area contributed by atoms with Crippen LogP contribution < -0.4 is 10.1 Å². The van der Waals surface area contributed by atoms with Gasteiger partial charge in [0.1, 0.15) is 11.4 Å². The molecule has 0 saturated carbocycles. The van der Waals surface area contributed by atoms with Crippen LogP contribution in [0, 0.1) is 11.8 Å². The van der Waals surface area contributed by atoms with E-state index in [4.69, 9.17) is 9.47 Å². The Bertz CT molecular complexity index is 707. The summed E-state index contributed by atoms with van der Waals surface area (Å²) in [5.41, 5.74) is 0.892. The van der Waals surface area contributed by atoms with Gasteiger partial charge >= 0.3 is 0 Å². The van der Waals surface area contributed by atoms with Crippen LogP contribution in [0.25, 0.3) is 0 Å². The number of hydrogen-bond donors (Lipinski definition) is 1. The molecule has 0 heterocycles. The number of ether oxygens (including phenoxy) is 2. The normalized spacial score (nSPS) is 12.1. The highest BCUT2D eigenvalue weighted by molar-refractivity contribution is 5.85. The average Bonchev–Trinajstić information content (AvgIpc) is 2.68. The van der Waals surface area contributed by atoms with E-state index in [1.807, 2.05) is 30.3 Å². The van der Waals surface area contributed by atoms with E-state index in [2.05, 4.69) is 77.2 Å². The van der Waals surface area contributed by atoms with Crippen LogP contribution in [-0.4, -0.2) is 25.4 Å². The van der Waals surface area contributed by atoms with Crippen LogP contribution in [-0.2, 0) is 10.3 Å². The molecule has 0 saturated heterocycles. The first-order valence-corrected chi connectivity index (χ1v) is 11.3. The molecule has 0 radical (unpaired) electrons. The molecule has 2 aromatic carbocycles. The zero-order valence-electron chi connectivity index (χ0n) is 20.2. The Kier molecular flexibility index (Phi) is 11.6. The molecular formula is C27H42ClNO2. The Hall–Kier alpha value is -1.55. The summed E-state index contributed by atoms with van der Waals surface area (Å²) in [7, 11) is 0. The van der Waals surface area contributed by atoms with Crippen molar-refractivity contribution < 1.29 is 9.47 Å². The highest BCUT2D eigenvalue weighted by Gasteiger charge is 2.35. The summed E-state index contributed by atoms with van der Waals surface area (Å²) in [5, 5.41) is 3.63. The number of rotatable bonds is 13. The predicted octanol–water partition coefficient (Wildman–Crippen LogP) is 6.86. The zero-order valence-corrected chi connectivity index (χ0v) is 21.0. The second-order valence-corrected chi connectivity index (χ2v) is 9.76. The van der Waals surface area contributed by atoms with Crippen molar-refractivity contribution in [2.45, 2.75) is 65.5 Å². The minimum Gasteiger partial charge on any atom is -0.485 e. The predicted molar refractivity (Wildman–Crippen MR) is 134 cm³/mol. The monoisotopic (exact) mass is 447 g/mol. The molecule has 0 amide bonds. The third kappa shape index (κ3) is 9.64. The van der Waals surface area contributed by atoms with Gasteiger partial charge in [0.15, 0.2) is 0 Å². The van der Waals surface area contributed by atoms with Crippen LogP contribution >= 0.6 is 12.4 Å². The molecule has 0 aliphatic heterocycles. The average molecular weight is 448 g/mol. The van der Waals surface area contributed by atoms with Crippen molar-refractivity contribution in [3.8, 4) is 5.75 Å². The van der Waals surface area contributed by atoms with Crippen molar-refractivity contribution in [2.75, 3.05) is 19.8 Å². The number of nitrogens with one attached hydrogen (secondary N) is 1. The lowest BCUT2D eigenvalue weighted by Gasteiger charge is -2.37. The maximum atomic E-state index is 6.60. The fourth-order valence-corrected chi connectivity index (χ4v) is 4.19. The van der Waals surface area contributed by atoms with E-state index in [0.29, 0.717) is 25.0 Å². The highest BCUT2D eigenvalue weighted by atomic mass is 35.5. The van der Waals surface area contributed by atoms with Crippen molar-refractivity contribution in [3.63, 3.8) is 0 Å². The first-order chi connectivity index (χ1) is 14.2. The molecule has 4 heteroatoms. The van der Waals surface area contributed by atoms with Gasteiger partial charge in [0, 0.05) is 12.1 Å². The minimum atomic E-state index is -0.307. The number of halogens is 1. The second kappa shape index (κ2) is 13.1. The molecule has 0 spiro atoms. The van der Waals surface area contributed by atoms with Crippen LogP contribution in [0.2, 0.25) is 0 Å². The molecule has 0 atom stereocenters. The van der Waals surface area contributed by atoms with Crippen molar-refractivity contribution in [1.82, 2.24) is 5.32 Å². The van der Waals surface area contributed by atoms with E-state index < -0.39 is 0 Å². The van der Waals surface area contributed by atoms with Gasteiger partial charge in [0.25, 0.3) is 0 Å². The second-order valence-electron chi connectivity index (χ2n) is 9.76. The van der Waals surface area contributed by atoms with Crippen LogP contribution in [0.3, 0.4) is 0 Å². The lowest BCUT2D eigenvalue weighted by atomic mass is 9.85. The van der Waals surface area contributed by atoms with Crippen LogP contribution in [0.4, 0.5) is 0 Å². The van der Waals surface area contributed by atoms with Crippen LogP contribution in [0.15, 0.2) is 60.7 Å². The van der Waals surface area contributed by atoms with E-state index in [9.17, 15) is 0 Å². The molecule has 2 rings (SSSR count). The smallest absolute Gasteiger partial charge is 0.133 e. The summed E-state index contributed by atoms with van der Waals surface area (Å²) >= 11 is 0. The zero-order chi connectivity index (χ0) is 22.0. The molecule has 31 heavy (non-hydrogen) atoms. The van der Waals surface area contributed by atoms with Crippen molar-refractivity contribution in [2.24, 2.45) is 11.8 Å². The molecule has 1 N–H and O–H groups in total. The van der Waals surface area contributed by atoms with Gasteiger partial charge in [0.05, 0.1) is 13.2 Å². The minimum absolute atomic E-state index is 0. The molecule has 0 bridgehead atoms. The summed E-state index contributed by atoms with van der Waals surface area (Å²) in [4.78, 5) is 0. The SMILES string of the molecule is CC(C)CC(COCCNC(C)(C)c1ccccc1)(CC(C)C)Oc1ccccc1.Cl. The quantitative estimate of drug-likeness (QED) is 0.340. The standard InChI is InChI=1S/C27H41NO2.ClH/c1-22(2)19-27(20-23(3)4,30-25-15-11-8-12-16-25)21-29-18-17-28-26(5,6)24-13-9-7-10-14-24;/h7-16,22-23,28H,17-21H2,1-6H3;1H. The fourth-order valence-electron chi connectivity index (χ4n) is 4.19. The van der Waals surface area contributed by atoms with Crippen molar-refractivity contribution in [1.29, 1.82) is 0 Å². The van der Waals surface area contributed by atoms with Gasteiger partial charge in [0.2, 0.25) is 0 Å². The van der Waals surface area contributed by atoms with E-state index in [0.717, 1.165) is 25.1 Å². The number of benzene rings is 2. The maximum Gasteiger partial charge on any atom is 0.133 e. The number of para-hydroxylation sites is 1. The third-order valence-electron chi connectivity index (χ3n) is 5.31. The van der Waals surface area contributed by atoms with E-state index in [1.54, 1.807) is 0 Å². The molecule has 3 nitrogen and oxygen atoms in total. The van der Waals surface area contributed by atoms with E-state index >= 15 is 0 Å². The van der Waals surface area contributed by atoms with Crippen LogP contribution in [0.1, 0.15) is 59.9 Å². The van der Waals surface area contributed by atoms with Crippen molar-refractivity contribution >= 4 is 12.4 Å². The largest absolute Gasteiger partial charge is 0.485 e. The topological polar surface area (TPSA) is 30.5 Å². The molecule has 0 aromatic heterocycles. The third-order valence-corrected chi connectivity index (χ3v) is 5.31. The van der Waals surface area contributed by atoms with Gasteiger partial charge in [-0.3, -0.25) is 0 Å². The van der Waals surface area contributed by atoms with Crippen molar-refractivity contribution in [3.05, 3.63) is 66.2 Å². The highest BCUT2D eigenvalue weighted by Crippen LogP contribution is 2.31. The summed E-state index contributed by atoms with van der Waals surface area (Å²) in [6, 6.07) is 20.7. The lowest BCUT2D eigenvalue weighted by Crippen LogP contribution is -2.45. The summed E-state index contributed by atoms with van der Waals surface area (Å²) in [5.74, 6) is 1.99. The van der Waals surface area contributed by atoms with Gasteiger partial charge in [-0.25, -0.2) is 0 Å². The Morgan fingerprint density at radius 2 is 1.32 bits per heavy atom. The van der Waals surface area contributed by atoms with Crippen LogP contribution in [0.5, 0.6) is 5.75 Å². The summed E-state index contributed by atoms with van der Waals surface area (Å²) in [6.45, 7) is 15.5. The van der Waals surface area contributed by atoms with E-state index in [1.165, 1.54) is 5.56 Å². The first-order valence-electron chi connectivity index (χ1n) is 11.3. The molecule has 174 valence electrons. The molecule has 0 fully saturated rings. The van der Waals surface area contributed by atoms with Gasteiger partial charge < -0.3 is 14.8 Å². The molecule has 0 aliphatic carbocycles. The van der Waals surface area contributed by atoms with E-state index in [-0.39, 0.29) is 23.5 Å². The molecular weight excluding hydrogens is 406 g/mol. The Morgan fingerprint density at radius 3 is 1.84 bits per heavy atom. The van der Waals surface area contributed by atoms with Gasteiger partial charge in [-0.2, -0.15) is 0 Å². The fraction of sp³-hybridized carbons (Fsp3) is 0.556. The lowest BCUT2D eigenvalue weighted by molar-refractivity contribution is -0.0519. The summed E-state index contributed by atoms with van der Waals surface area (Å²) < 4.78 is 12.8.